The average molecular weight is 141 g/mol. The molecule has 1 atom stereocenters. The van der Waals surface area contributed by atoms with Crippen molar-refractivity contribution in [1.82, 2.24) is 4.90 Å². The third kappa shape index (κ3) is 1.27. The summed E-state index contributed by atoms with van der Waals surface area (Å²) in [5.74, 6) is 0.505. The van der Waals surface area contributed by atoms with Crippen molar-refractivity contribution in [3.63, 3.8) is 0 Å². The molecule has 56 valence electrons. The molecule has 0 radical (unpaired) electrons. The number of hydrogen-bond donors (Lipinski definition) is 1. The molecule has 1 heterocycles. The van der Waals surface area contributed by atoms with E-state index in [0.717, 1.165) is 0 Å². The zero-order valence-corrected chi connectivity index (χ0v) is 6.11. The van der Waals surface area contributed by atoms with Gasteiger partial charge in [-0.1, -0.05) is 0 Å². The maximum Gasteiger partial charge on any atom is 0.229 e. The molecule has 0 spiro atoms. The molecule has 0 aromatic rings. The van der Waals surface area contributed by atoms with E-state index in [9.17, 15) is 0 Å². The van der Waals surface area contributed by atoms with Crippen molar-refractivity contribution >= 4 is 5.84 Å². The minimum atomic E-state index is -0.259. The van der Waals surface area contributed by atoms with Crippen molar-refractivity contribution in [2.24, 2.45) is 10.7 Å². The van der Waals surface area contributed by atoms with Crippen LogP contribution in [0.5, 0.6) is 0 Å². The van der Waals surface area contributed by atoms with Gasteiger partial charge in [0.1, 0.15) is 5.84 Å². The summed E-state index contributed by atoms with van der Waals surface area (Å²) in [6.07, 6.45) is 3.30. The predicted octanol–water partition coefficient (Wildman–Crippen LogP) is -0.267. The summed E-state index contributed by atoms with van der Waals surface area (Å²) >= 11 is 0. The quantitative estimate of drug-likeness (QED) is 0.547. The second-order valence-corrected chi connectivity index (χ2v) is 2.10. The molecule has 2 N–H and O–H groups in total. The minimum absolute atomic E-state index is 0.259. The molecule has 1 aliphatic rings. The van der Waals surface area contributed by atoms with Crippen molar-refractivity contribution in [3.05, 3.63) is 12.3 Å². The minimum Gasteiger partial charge on any atom is -0.384 e. The standard InChI is InChI=1S/C6H11N3O/c1-9-4-3-5(7)8-6(9)10-2/h3-4,6H,1-2H3,(H2,7,8). The van der Waals surface area contributed by atoms with Crippen molar-refractivity contribution < 1.29 is 4.74 Å². The Kier molecular flexibility index (Phi) is 1.91. The van der Waals surface area contributed by atoms with E-state index in [1.165, 1.54) is 0 Å². The smallest absolute Gasteiger partial charge is 0.229 e. The summed E-state index contributed by atoms with van der Waals surface area (Å²) in [6.45, 7) is 0. The van der Waals surface area contributed by atoms with E-state index in [4.69, 9.17) is 10.5 Å². The Morgan fingerprint density at radius 3 is 3.00 bits per heavy atom. The summed E-state index contributed by atoms with van der Waals surface area (Å²) in [6, 6.07) is 0. The number of amidine groups is 1. The van der Waals surface area contributed by atoms with Crippen LogP contribution in [-0.2, 0) is 4.74 Å². The largest absolute Gasteiger partial charge is 0.384 e. The van der Waals surface area contributed by atoms with Crippen LogP contribution in [0.4, 0.5) is 0 Å². The normalized spacial score (nSPS) is 24.8. The summed E-state index contributed by atoms with van der Waals surface area (Å²) in [5, 5.41) is 0. The van der Waals surface area contributed by atoms with Crippen molar-refractivity contribution in [2.45, 2.75) is 6.35 Å². The second-order valence-electron chi connectivity index (χ2n) is 2.10. The Labute approximate surface area is 60.0 Å². The molecular formula is C6H11N3O. The van der Waals surface area contributed by atoms with Gasteiger partial charge in [-0.25, -0.2) is 4.99 Å². The van der Waals surface area contributed by atoms with Gasteiger partial charge in [-0.15, -0.1) is 0 Å². The van der Waals surface area contributed by atoms with Crippen LogP contribution in [0.3, 0.4) is 0 Å². The van der Waals surface area contributed by atoms with Crippen LogP contribution in [0.25, 0.3) is 0 Å². The van der Waals surface area contributed by atoms with Gasteiger partial charge >= 0.3 is 0 Å². The number of aliphatic imine (C=N–C) groups is 1. The fourth-order valence-electron chi connectivity index (χ4n) is 0.748. The molecule has 0 aromatic heterocycles. The molecule has 0 aromatic carbocycles. The van der Waals surface area contributed by atoms with E-state index in [-0.39, 0.29) is 6.35 Å². The van der Waals surface area contributed by atoms with Crippen LogP contribution in [0.15, 0.2) is 17.3 Å². The predicted molar refractivity (Wildman–Crippen MR) is 39.3 cm³/mol. The molecule has 0 aliphatic carbocycles. The third-order valence-electron chi connectivity index (χ3n) is 1.30. The molecule has 10 heavy (non-hydrogen) atoms. The molecule has 1 unspecified atom stereocenters. The Balaban J connectivity index is 2.67. The SMILES string of the molecule is COC1N=C(N)C=CN1C. The molecular weight excluding hydrogens is 130 g/mol. The molecule has 4 nitrogen and oxygen atoms in total. The number of methoxy groups -OCH3 is 1. The average Bonchev–Trinajstić information content (AvgIpc) is 1.94. The topological polar surface area (TPSA) is 50.9 Å². The molecule has 0 bridgehead atoms. The molecule has 0 fully saturated rings. The van der Waals surface area contributed by atoms with E-state index in [2.05, 4.69) is 4.99 Å². The van der Waals surface area contributed by atoms with Gasteiger partial charge in [0, 0.05) is 20.4 Å². The van der Waals surface area contributed by atoms with Gasteiger partial charge in [-0.05, 0) is 6.08 Å². The van der Waals surface area contributed by atoms with Crippen LogP contribution in [0.1, 0.15) is 0 Å². The number of hydrogen-bond acceptors (Lipinski definition) is 4. The maximum atomic E-state index is 5.42. The van der Waals surface area contributed by atoms with Gasteiger partial charge in [0.2, 0.25) is 6.35 Å². The Hall–Kier alpha value is -1.03. The van der Waals surface area contributed by atoms with Crippen LogP contribution in [0.2, 0.25) is 0 Å². The fourth-order valence-corrected chi connectivity index (χ4v) is 0.748. The van der Waals surface area contributed by atoms with E-state index < -0.39 is 0 Å². The summed E-state index contributed by atoms with van der Waals surface area (Å²) in [4.78, 5) is 5.82. The summed E-state index contributed by atoms with van der Waals surface area (Å²) < 4.78 is 4.98. The Morgan fingerprint density at radius 2 is 2.50 bits per heavy atom. The first-order valence-electron chi connectivity index (χ1n) is 3.00. The lowest BCUT2D eigenvalue weighted by Gasteiger charge is -2.24. The highest BCUT2D eigenvalue weighted by molar-refractivity contribution is 5.91. The first-order chi connectivity index (χ1) is 4.74. The number of rotatable bonds is 1. The summed E-state index contributed by atoms with van der Waals surface area (Å²) in [7, 11) is 3.47. The van der Waals surface area contributed by atoms with Crippen molar-refractivity contribution in [3.8, 4) is 0 Å². The zero-order valence-electron chi connectivity index (χ0n) is 6.11. The van der Waals surface area contributed by atoms with Gasteiger partial charge in [0.25, 0.3) is 0 Å². The first-order valence-corrected chi connectivity index (χ1v) is 3.00. The second kappa shape index (κ2) is 2.70. The maximum absolute atomic E-state index is 5.42. The molecule has 4 heteroatoms. The number of nitrogens with two attached hydrogens (primary N) is 1. The highest BCUT2D eigenvalue weighted by atomic mass is 16.5. The lowest BCUT2D eigenvalue weighted by atomic mass is 10.5. The number of ether oxygens (including phenoxy) is 1. The van der Waals surface area contributed by atoms with Crippen LogP contribution in [-0.4, -0.2) is 31.2 Å². The molecule has 1 rings (SSSR count). The fraction of sp³-hybridized carbons (Fsp3) is 0.500. The first kappa shape index (κ1) is 7.08. The van der Waals surface area contributed by atoms with Gasteiger partial charge in [-0.2, -0.15) is 0 Å². The van der Waals surface area contributed by atoms with E-state index in [1.54, 1.807) is 13.2 Å². The zero-order chi connectivity index (χ0) is 7.56. The van der Waals surface area contributed by atoms with Crippen molar-refractivity contribution in [1.29, 1.82) is 0 Å². The Bertz CT molecular complexity index is 176. The van der Waals surface area contributed by atoms with Gasteiger partial charge < -0.3 is 15.4 Å². The van der Waals surface area contributed by atoms with Gasteiger partial charge in [0.05, 0.1) is 0 Å². The summed E-state index contributed by atoms with van der Waals surface area (Å²) in [5.41, 5.74) is 5.42. The molecule has 0 saturated heterocycles. The highest BCUT2D eigenvalue weighted by Gasteiger charge is 2.11. The molecule has 0 amide bonds. The van der Waals surface area contributed by atoms with Crippen LogP contribution >= 0.6 is 0 Å². The molecule has 0 saturated carbocycles. The van der Waals surface area contributed by atoms with Crippen molar-refractivity contribution in [2.75, 3.05) is 14.2 Å². The van der Waals surface area contributed by atoms with E-state index in [1.807, 2.05) is 18.1 Å². The van der Waals surface area contributed by atoms with Gasteiger partial charge in [0.15, 0.2) is 0 Å². The van der Waals surface area contributed by atoms with E-state index in [0.29, 0.717) is 5.84 Å². The Morgan fingerprint density at radius 1 is 1.80 bits per heavy atom. The van der Waals surface area contributed by atoms with Crippen LogP contribution in [0, 0.1) is 0 Å². The number of nitrogens with zero attached hydrogens (tertiary/aromatic N) is 2. The lowest BCUT2D eigenvalue weighted by Crippen LogP contribution is -2.32. The lowest BCUT2D eigenvalue weighted by molar-refractivity contribution is 0.0140. The van der Waals surface area contributed by atoms with Gasteiger partial charge in [-0.3, -0.25) is 0 Å². The molecule has 1 aliphatic heterocycles. The third-order valence-corrected chi connectivity index (χ3v) is 1.30. The van der Waals surface area contributed by atoms with Crippen LogP contribution < -0.4 is 5.73 Å². The van der Waals surface area contributed by atoms with E-state index >= 15 is 0 Å². The highest BCUT2D eigenvalue weighted by Crippen LogP contribution is 2.04. The monoisotopic (exact) mass is 141 g/mol.